The van der Waals surface area contributed by atoms with Gasteiger partial charge in [-0.25, -0.2) is 4.39 Å². The predicted molar refractivity (Wildman–Crippen MR) is 110 cm³/mol. The van der Waals surface area contributed by atoms with Crippen molar-refractivity contribution in [3.8, 4) is 5.75 Å². The van der Waals surface area contributed by atoms with Crippen LogP contribution in [-0.2, 0) is 11.3 Å². The topological polar surface area (TPSA) is 43.8 Å². The number of aromatic hydroxyl groups is 1. The summed E-state index contributed by atoms with van der Waals surface area (Å²) in [6.45, 7) is 6.09. The lowest BCUT2D eigenvalue weighted by atomic mass is 10.00. The lowest BCUT2D eigenvalue weighted by molar-refractivity contribution is -0.119. The number of halogens is 1. The molecule has 0 atom stereocenters. The van der Waals surface area contributed by atoms with E-state index in [2.05, 4.69) is 4.90 Å². The first kappa shape index (κ1) is 20.3. The number of phenolic OH excluding ortho intramolecular Hbond substituents is 1. The van der Waals surface area contributed by atoms with E-state index in [9.17, 15) is 14.3 Å². The fraction of sp³-hybridized carbons (Fsp3) is 0.435. The second-order valence-corrected chi connectivity index (χ2v) is 7.58. The minimum absolute atomic E-state index is 0.0601. The molecular weight excluding hydrogens is 355 g/mol. The standard InChI is InChI=1S/C23H29FN2O2/c1-3-6-23(28)26(20-10-9-17(2)21(24)15-20)19-11-13-25(14-12-19)16-18-7-4-5-8-22(18)27/h4-5,7-10,15,19,27H,3,6,11-14,16H2,1-2H3. The number of para-hydroxylation sites is 1. The monoisotopic (exact) mass is 384 g/mol. The Morgan fingerprint density at radius 1 is 1.21 bits per heavy atom. The van der Waals surface area contributed by atoms with Crippen molar-refractivity contribution in [3.63, 3.8) is 0 Å². The second kappa shape index (κ2) is 9.20. The molecule has 1 aliphatic rings. The van der Waals surface area contributed by atoms with Gasteiger partial charge in [0.1, 0.15) is 11.6 Å². The molecule has 0 aromatic heterocycles. The van der Waals surface area contributed by atoms with Gasteiger partial charge in [-0.3, -0.25) is 9.69 Å². The summed E-state index contributed by atoms with van der Waals surface area (Å²) in [5.74, 6) is 0.105. The van der Waals surface area contributed by atoms with Crippen molar-refractivity contribution in [2.24, 2.45) is 0 Å². The number of benzene rings is 2. The third-order valence-corrected chi connectivity index (χ3v) is 5.47. The van der Waals surface area contributed by atoms with Crippen molar-refractivity contribution in [1.29, 1.82) is 0 Å². The number of rotatable bonds is 6. The number of piperidine rings is 1. The van der Waals surface area contributed by atoms with Crippen molar-refractivity contribution in [3.05, 3.63) is 59.4 Å². The Hall–Kier alpha value is -2.40. The Labute approximate surface area is 166 Å². The first-order valence-corrected chi connectivity index (χ1v) is 10.1. The maximum Gasteiger partial charge on any atom is 0.227 e. The fourth-order valence-electron chi connectivity index (χ4n) is 3.85. The van der Waals surface area contributed by atoms with Crippen LogP contribution in [0.15, 0.2) is 42.5 Å². The first-order chi connectivity index (χ1) is 13.5. The van der Waals surface area contributed by atoms with Gasteiger partial charge in [0.05, 0.1) is 0 Å². The van der Waals surface area contributed by atoms with E-state index in [1.165, 1.54) is 6.07 Å². The number of aryl methyl sites for hydroxylation is 1. The van der Waals surface area contributed by atoms with E-state index < -0.39 is 0 Å². The first-order valence-electron chi connectivity index (χ1n) is 10.1. The molecule has 3 rings (SSSR count). The number of amides is 1. The van der Waals surface area contributed by atoms with Gasteiger partial charge in [0.15, 0.2) is 0 Å². The summed E-state index contributed by atoms with van der Waals surface area (Å²) in [5.41, 5.74) is 2.16. The molecule has 150 valence electrons. The van der Waals surface area contributed by atoms with Crippen LogP contribution in [0.3, 0.4) is 0 Å². The Bertz CT molecular complexity index is 816. The van der Waals surface area contributed by atoms with Crippen LogP contribution in [0.25, 0.3) is 0 Å². The van der Waals surface area contributed by atoms with Crippen molar-refractivity contribution < 1.29 is 14.3 Å². The normalized spacial score (nSPS) is 15.5. The molecule has 0 saturated carbocycles. The zero-order chi connectivity index (χ0) is 20.1. The molecule has 0 bridgehead atoms. The minimum atomic E-state index is -0.274. The molecule has 1 fully saturated rings. The molecule has 1 amide bonds. The van der Waals surface area contributed by atoms with E-state index in [0.29, 0.717) is 30.0 Å². The highest BCUT2D eigenvalue weighted by Crippen LogP contribution is 2.28. The zero-order valence-corrected chi connectivity index (χ0v) is 16.7. The van der Waals surface area contributed by atoms with Crippen LogP contribution in [-0.4, -0.2) is 35.0 Å². The van der Waals surface area contributed by atoms with Crippen LogP contribution in [0.5, 0.6) is 5.75 Å². The summed E-state index contributed by atoms with van der Waals surface area (Å²) >= 11 is 0. The van der Waals surface area contributed by atoms with Gasteiger partial charge in [0, 0.05) is 43.3 Å². The Kier molecular flexibility index (Phi) is 6.68. The molecule has 2 aromatic carbocycles. The van der Waals surface area contributed by atoms with Crippen LogP contribution < -0.4 is 4.90 Å². The molecular formula is C23H29FN2O2. The average Bonchev–Trinajstić information content (AvgIpc) is 2.68. The molecule has 28 heavy (non-hydrogen) atoms. The van der Waals surface area contributed by atoms with Crippen molar-refractivity contribution in [2.45, 2.75) is 52.1 Å². The lowest BCUT2D eigenvalue weighted by Crippen LogP contribution is -2.47. The Morgan fingerprint density at radius 3 is 2.57 bits per heavy atom. The molecule has 1 heterocycles. The van der Waals surface area contributed by atoms with Gasteiger partial charge in [-0.2, -0.15) is 0 Å². The van der Waals surface area contributed by atoms with Gasteiger partial charge in [-0.1, -0.05) is 31.2 Å². The summed E-state index contributed by atoms with van der Waals surface area (Å²) in [4.78, 5) is 16.9. The number of hydrogen-bond donors (Lipinski definition) is 1. The van der Waals surface area contributed by atoms with E-state index in [1.54, 1.807) is 19.1 Å². The van der Waals surface area contributed by atoms with Crippen LogP contribution in [0.4, 0.5) is 10.1 Å². The maximum atomic E-state index is 14.1. The summed E-state index contributed by atoms with van der Waals surface area (Å²) in [6, 6.07) is 12.5. The summed E-state index contributed by atoms with van der Waals surface area (Å²) in [7, 11) is 0. The maximum absolute atomic E-state index is 14.1. The third kappa shape index (κ3) is 4.71. The SMILES string of the molecule is CCCC(=O)N(c1ccc(C)c(F)c1)C1CCN(Cc2ccccc2O)CC1. The molecule has 0 aliphatic carbocycles. The molecule has 0 radical (unpaired) electrons. The molecule has 4 nitrogen and oxygen atoms in total. The van der Waals surface area contributed by atoms with Gasteiger partial charge in [-0.05, 0) is 49.9 Å². The van der Waals surface area contributed by atoms with Gasteiger partial charge in [0.2, 0.25) is 5.91 Å². The number of nitrogens with zero attached hydrogens (tertiary/aromatic N) is 2. The molecule has 2 aromatic rings. The van der Waals surface area contributed by atoms with Crippen LogP contribution in [0, 0.1) is 12.7 Å². The van der Waals surface area contributed by atoms with E-state index >= 15 is 0 Å². The smallest absolute Gasteiger partial charge is 0.227 e. The summed E-state index contributed by atoms with van der Waals surface area (Å²) in [6.07, 6.45) is 2.90. The van der Waals surface area contributed by atoms with Crippen LogP contribution in [0.2, 0.25) is 0 Å². The molecule has 1 aliphatic heterocycles. The van der Waals surface area contributed by atoms with E-state index in [4.69, 9.17) is 0 Å². The largest absolute Gasteiger partial charge is 0.508 e. The highest BCUT2D eigenvalue weighted by molar-refractivity contribution is 5.94. The van der Waals surface area contributed by atoms with Gasteiger partial charge >= 0.3 is 0 Å². The quantitative estimate of drug-likeness (QED) is 0.789. The third-order valence-electron chi connectivity index (χ3n) is 5.47. The predicted octanol–water partition coefficient (Wildman–Crippen LogP) is 4.64. The van der Waals surface area contributed by atoms with Gasteiger partial charge in [-0.15, -0.1) is 0 Å². The van der Waals surface area contributed by atoms with Crippen LogP contribution >= 0.6 is 0 Å². The van der Waals surface area contributed by atoms with Crippen molar-refractivity contribution >= 4 is 11.6 Å². The van der Waals surface area contributed by atoms with Crippen molar-refractivity contribution in [1.82, 2.24) is 4.90 Å². The van der Waals surface area contributed by atoms with E-state index in [0.717, 1.165) is 37.9 Å². The highest BCUT2D eigenvalue weighted by atomic mass is 19.1. The highest BCUT2D eigenvalue weighted by Gasteiger charge is 2.29. The number of carbonyl (C=O) groups is 1. The second-order valence-electron chi connectivity index (χ2n) is 7.58. The minimum Gasteiger partial charge on any atom is -0.508 e. The van der Waals surface area contributed by atoms with Crippen molar-refractivity contribution in [2.75, 3.05) is 18.0 Å². The van der Waals surface area contributed by atoms with Gasteiger partial charge in [0.25, 0.3) is 0 Å². The number of anilines is 1. The Morgan fingerprint density at radius 2 is 1.93 bits per heavy atom. The van der Waals surface area contributed by atoms with E-state index in [-0.39, 0.29) is 17.8 Å². The van der Waals surface area contributed by atoms with E-state index in [1.807, 2.05) is 36.1 Å². The molecule has 0 spiro atoms. The average molecular weight is 384 g/mol. The summed E-state index contributed by atoms with van der Waals surface area (Å²) < 4.78 is 14.1. The number of carbonyl (C=O) groups excluding carboxylic acids is 1. The fourth-order valence-corrected chi connectivity index (χ4v) is 3.85. The number of likely N-dealkylation sites (tertiary alicyclic amines) is 1. The lowest BCUT2D eigenvalue weighted by Gasteiger charge is -2.39. The summed E-state index contributed by atoms with van der Waals surface area (Å²) in [5, 5.41) is 10.00. The number of phenols is 1. The van der Waals surface area contributed by atoms with Crippen LogP contribution in [0.1, 0.15) is 43.7 Å². The molecule has 0 unspecified atom stereocenters. The molecule has 1 saturated heterocycles. The number of hydrogen-bond acceptors (Lipinski definition) is 3. The molecule has 1 N–H and O–H groups in total. The Balaban J connectivity index is 1.71. The zero-order valence-electron chi connectivity index (χ0n) is 16.7. The van der Waals surface area contributed by atoms with Gasteiger partial charge < -0.3 is 10.0 Å². The molecule has 5 heteroatoms.